The summed E-state index contributed by atoms with van der Waals surface area (Å²) in [6, 6.07) is 24.0. The number of amides is 1. The number of benzene rings is 3. The molecule has 0 bridgehead atoms. The summed E-state index contributed by atoms with van der Waals surface area (Å²) in [5.74, 6) is 0.509. The van der Waals surface area contributed by atoms with Crippen LogP contribution in [-0.2, 0) is 6.42 Å². The zero-order valence-electron chi connectivity index (χ0n) is 15.7. The SMILES string of the molecule is NC(=NCCCNC(=O)c1cccc2c1Cc1ccccc1-2)c1ccccc1. The normalized spacial score (nSPS) is 12.4. The maximum Gasteiger partial charge on any atom is 0.251 e. The van der Waals surface area contributed by atoms with Crippen LogP contribution in [0.25, 0.3) is 11.1 Å². The second-order valence-corrected chi connectivity index (χ2v) is 6.91. The monoisotopic (exact) mass is 369 g/mol. The van der Waals surface area contributed by atoms with Gasteiger partial charge < -0.3 is 11.1 Å². The second kappa shape index (κ2) is 8.09. The van der Waals surface area contributed by atoms with E-state index in [1.807, 2.05) is 54.6 Å². The highest BCUT2D eigenvalue weighted by atomic mass is 16.1. The lowest BCUT2D eigenvalue weighted by atomic mass is 10.0. The van der Waals surface area contributed by atoms with Gasteiger partial charge in [-0.1, -0.05) is 66.7 Å². The van der Waals surface area contributed by atoms with Crippen LogP contribution >= 0.6 is 0 Å². The molecule has 4 nitrogen and oxygen atoms in total. The van der Waals surface area contributed by atoms with Crippen molar-refractivity contribution < 1.29 is 4.79 Å². The number of rotatable bonds is 6. The highest BCUT2D eigenvalue weighted by Gasteiger charge is 2.22. The first-order chi connectivity index (χ1) is 13.7. The maximum absolute atomic E-state index is 12.7. The minimum Gasteiger partial charge on any atom is -0.384 e. The molecule has 3 N–H and O–H groups in total. The van der Waals surface area contributed by atoms with Crippen LogP contribution in [0.5, 0.6) is 0 Å². The number of nitrogens with zero attached hydrogens (tertiary/aromatic N) is 1. The van der Waals surface area contributed by atoms with Crippen LogP contribution in [0.2, 0.25) is 0 Å². The molecule has 4 heteroatoms. The van der Waals surface area contributed by atoms with E-state index in [-0.39, 0.29) is 5.91 Å². The number of hydrogen-bond acceptors (Lipinski definition) is 2. The van der Waals surface area contributed by atoms with Gasteiger partial charge >= 0.3 is 0 Å². The van der Waals surface area contributed by atoms with E-state index in [4.69, 9.17) is 5.73 Å². The standard InChI is InChI=1S/C24H23N3O/c25-23(17-8-2-1-3-9-17)26-14-7-15-27-24(28)21-13-6-12-20-19-11-5-4-10-18(19)16-22(20)21/h1-6,8-13H,7,14-16H2,(H2,25,26)(H,27,28). The Bertz CT molecular complexity index is 1030. The number of fused-ring (bicyclic) bond motifs is 3. The zero-order chi connectivity index (χ0) is 19.3. The van der Waals surface area contributed by atoms with E-state index in [0.717, 1.165) is 29.5 Å². The van der Waals surface area contributed by atoms with Crippen LogP contribution in [0.1, 0.15) is 33.5 Å². The Labute approximate surface area is 165 Å². The van der Waals surface area contributed by atoms with Gasteiger partial charge in [-0.2, -0.15) is 0 Å². The first-order valence-corrected chi connectivity index (χ1v) is 9.58. The Morgan fingerprint density at radius 3 is 2.54 bits per heavy atom. The highest BCUT2D eigenvalue weighted by Crippen LogP contribution is 2.37. The summed E-state index contributed by atoms with van der Waals surface area (Å²) in [7, 11) is 0. The molecule has 1 aliphatic rings. The third-order valence-electron chi connectivity index (χ3n) is 5.07. The lowest BCUT2D eigenvalue weighted by Crippen LogP contribution is -2.26. The molecule has 0 fully saturated rings. The topological polar surface area (TPSA) is 67.5 Å². The second-order valence-electron chi connectivity index (χ2n) is 6.91. The first-order valence-electron chi connectivity index (χ1n) is 9.58. The third-order valence-corrected chi connectivity index (χ3v) is 5.07. The Morgan fingerprint density at radius 2 is 1.68 bits per heavy atom. The van der Waals surface area contributed by atoms with E-state index >= 15 is 0 Å². The van der Waals surface area contributed by atoms with Gasteiger partial charge in [0, 0.05) is 24.2 Å². The van der Waals surface area contributed by atoms with Crippen LogP contribution < -0.4 is 11.1 Å². The number of carbonyl (C=O) groups excluding carboxylic acids is 1. The van der Waals surface area contributed by atoms with E-state index in [1.165, 1.54) is 16.7 Å². The number of carbonyl (C=O) groups is 1. The number of hydrogen-bond donors (Lipinski definition) is 2. The molecule has 1 aliphatic carbocycles. The van der Waals surface area contributed by atoms with Crippen LogP contribution in [-0.4, -0.2) is 24.8 Å². The maximum atomic E-state index is 12.7. The largest absolute Gasteiger partial charge is 0.384 e. The van der Waals surface area contributed by atoms with E-state index in [9.17, 15) is 4.79 Å². The molecule has 140 valence electrons. The fourth-order valence-electron chi connectivity index (χ4n) is 3.65. The Balaban J connectivity index is 1.35. The summed E-state index contributed by atoms with van der Waals surface area (Å²) in [5, 5.41) is 3.02. The van der Waals surface area contributed by atoms with Gasteiger partial charge in [-0.3, -0.25) is 9.79 Å². The summed E-state index contributed by atoms with van der Waals surface area (Å²) in [5.41, 5.74) is 12.5. The molecule has 0 saturated carbocycles. The Kier molecular flexibility index (Phi) is 5.20. The minimum absolute atomic E-state index is 0.0235. The van der Waals surface area contributed by atoms with E-state index in [2.05, 4.69) is 28.5 Å². The van der Waals surface area contributed by atoms with Gasteiger partial charge in [-0.05, 0) is 41.2 Å². The van der Waals surface area contributed by atoms with Crippen molar-refractivity contribution in [3.63, 3.8) is 0 Å². The van der Waals surface area contributed by atoms with Crippen molar-refractivity contribution >= 4 is 11.7 Å². The average Bonchev–Trinajstić information content (AvgIpc) is 3.12. The molecule has 0 atom stereocenters. The molecule has 0 heterocycles. The fraction of sp³-hybridized carbons (Fsp3) is 0.167. The molecule has 4 rings (SSSR count). The van der Waals surface area contributed by atoms with Crippen molar-refractivity contribution in [1.29, 1.82) is 0 Å². The predicted molar refractivity (Wildman–Crippen MR) is 114 cm³/mol. The van der Waals surface area contributed by atoms with Gasteiger partial charge in [-0.15, -0.1) is 0 Å². The molecule has 28 heavy (non-hydrogen) atoms. The molecular formula is C24H23N3O. The van der Waals surface area contributed by atoms with Crippen LogP contribution in [0.3, 0.4) is 0 Å². The molecule has 0 spiro atoms. The van der Waals surface area contributed by atoms with Gasteiger partial charge in [0.05, 0.1) is 0 Å². The molecular weight excluding hydrogens is 346 g/mol. The molecule has 3 aromatic carbocycles. The van der Waals surface area contributed by atoms with Gasteiger partial charge in [0.25, 0.3) is 5.91 Å². The average molecular weight is 369 g/mol. The summed E-state index contributed by atoms with van der Waals surface area (Å²) < 4.78 is 0. The van der Waals surface area contributed by atoms with E-state index in [0.29, 0.717) is 18.9 Å². The van der Waals surface area contributed by atoms with Crippen molar-refractivity contribution in [1.82, 2.24) is 5.32 Å². The van der Waals surface area contributed by atoms with Gasteiger partial charge in [-0.25, -0.2) is 0 Å². The molecule has 0 aromatic heterocycles. The van der Waals surface area contributed by atoms with E-state index in [1.54, 1.807) is 0 Å². The van der Waals surface area contributed by atoms with Gasteiger partial charge in [0.1, 0.15) is 5.84 Å². The Hall–Kier alpha value is -3.40. The first kappa shape index (κ1) is 18.0. The summed E-state index contributed by atoms with van der Waals surface area (Å²) >= 11 is 0. The van der Waals surface area contributed by atoms with Crippen molar-refractivity contribution in [3.8, 4) is 11.1 Å². The van der Waals surface area contributed by atoms with Crippen molar-refractivity contribution in [3.05, 3.63) is 95.1 Å². The number of aliphatic imine (C=N–C) groups is 1. The summed E-state index contributed by atoms with van der Waals surface area (Å²) in [6.45, 7) is 1.15. The molecule has 1 amide bonds. The van der Waals surface area contributed by atoms with Crippen molar-refractivity contribution in [2.24, 2.45) is 10.7 Å². The Morgan fingerprint density at radius 1 is 0.929 bits per heavy atom. The van der Waals surface area contributed by atoms with Crippen molar-refractivity contribution in [2.75, 3.05) is 13.1 Å². The molecule has 3 aromatic rings. The smallest absolute Gasteiger partial charge is 0.251 e. The van der Waals surface area contributed by atoms with Crippen LogP contribution in [0, 0.1) is 0 Å². The van der Waals surface area contributed by atoms with Gasteiger partial charge in [0.2, 0.25) is 0 Å². The molecule has 0 aliphatic heterocycles. The highest BCUT2D eigenvalue weighted by molar-refractivity contribution is 5.99. The quantitative estimate of drug-likeness (QED) is 0.308. The lowest BCUT2D eigenvalue weighted by molar-refractivity contribution is 0.0953. The lowest BCUT2D eigenvalue weighted by Gasteiger charge is -2.09. The van der Waals surface area contributed by atoms with Crippen molar-refractivity contribution in [2.45, 2.75) is 12.8 Å². The number of nitrogens with two attached hydrogens (primary N) is 1. The fourth-order valence-corrected chi connectivity index (χ4v) is 3.65. The summed E-state index contributed by atoms with van der Waals surface area (Å²) in [4.78, 5) is 17.1. The van der Waals surface area contributed by atoms with Crippen LogP contribution in [0.4, 0.5) is 0 Å². The predicted octanol–water partition coefficient (Wildman–Crippen LogP) is 3.78. The summed E-state index contributed by atoms with van der Waals surface area (Å²) in [6.07, 6.45) is 1.56. The minimum atomic E-state index is -0.0235. The zero-order valence-corrected chi connectivity index (χ0v) is 15.7. The van der Waals surface area contributed by atoms with Gasteiger partial charge in [0.15, 0.2) is 0 Å². The molecule has 0 radical (unpaired) electrons. The number of nitrogens with one attached hydrogen (secondary N) is 1. The third kappa shape index (κ3) is 3.67. The number of amidine groups is 1. The van der Waals surface area contributed by atoms with Crippen LogP contribution in [0.15, 0.2) is 77.8 Å². The molecule has 0 saturated heterocycles. The molecule has 0 unspecified atom stereocenters. The van der Waals surface area contributed by atoms with E-state index < -0.39 is 0 Å².